The third-order valence-corrected chi connectivity index (χ3v) is 4.50. The van der Waals surface area contributed by atoms with Gasteiger partial charge < -0.3 is 10.6 Å². The molecule has 1 atom stereocenters. The van der Waals surface area contributed by atoms with E-state index < -0.39 is 0 Å². The molecule has 0 fully saturated rings. The summed E-state index contributed by atoms with van der Waals surface area (Å²) in [5, 5.41) is 7.39. The number of hydrogen-bond donors (Lipinski definition) is 2. The number of halogens is 1. The second kappa shape index (κ2) is 8.46. The summed E-state index contributed by atoms with van der Waals surface area (Å²) in [5.74, 6) is 0. The van der Waals surface area contributed by atoms with E-state index in [4.69, 9.17) is 12.2 Å². The number of anilines is 1. The molecule has 122 valence electrons. The summed E-state index contributed by atoms with van der Waals surface area (Å²) in [5.41, 5.74) is 4.80. The van der Waals surface area contributed by atoms with Gasteiger partial charge in [-0.15, -0.1) is 0 Å². The topological polar surface area (TPSA) is 24.1 Å². The number of benzene rings is 2. The standard InChI is InChI=1S/C19H23BrN2S/c1-13-11-17(20)12-14(2)18(13)22-19(23)21-15(3)9-10-16-7-5-4-6-8-16/h4-8,11-12,15H,9-10H2,1-3H3,(H2,21,22,23)/t15-/m0/s1. The number of rotatable bonds is 5. The van der Waals surface area contributed by atoms with Crippen LogP contribution in [0.5, 0.6) is 0 Å². The van der Waals surface area contributed by atoms with Crippen molar-refractivity contribution in [3.05, 3.63) is 63.6 Å². The smallest absolute Gasteiger partial charge is 0.171 e. The Balaban J connectivity index is 1.87. The van der Waals surface area contributed by atoms with Gasteiger partial charge in [0, 0.05) is 16.2 Å². The Hall–Kier alpha value is -1.39. The average molecular weight is 391 g/mol. The molecule has 2 aromatic carbocycles. The second-order valence-corrected chi connectivity index (χ2v) is 7.26. The molecule has 23 heavy (non-hydrogen) atoms. The quantitative estimate of drug-likeness (QED) is 0.670. The van der Waals surface area contributed by atoms with E-state index in [-0.39, 0.29) is 0 Å². The molecule has 0 saturated heterocycles. The lowest BCUT2D eigenvalue weighted by Crippen LogP contribution is -2.36. The van der Waals surface area contributed by atoms with Crippen LogP contribution < -0.4 is 10.6 Å². The summed E-state index contributed by atoms with van der Waals surface area (Å²) >= 11 is 8.98. The van der Waals surface area contributed by atoms with Crippen LogP contribution in [0.15, 0.2) is 46.9 Å². The van der Waals surface area contributed by atoms with Gasteiger partial charge in [0.1, 0.15) is 0 Å². The summed E-state index contributed by atoms with van der Waals surface area (Å²) in [7, 11) is 0. The van der Waals surface area contributed by atoms with E-state index in [0.29, 0.717) is 11.2 Å². The lowest BCUT2D eigenvalue weighted by molar-refractivity contribution is 0.609. The van der Waals surface area contributed by atoms with Gasteiger partial charge >= 0.3 is 0 Å². The first-order valence-corrected chi connectivity index (χ1v) is 9.04. The van der Waals surface area contributed by atoms with Gasteiger partial charge in [0.05, 0.1) is 0 Å². The van der Waals surface area contributed by atoms with E-state index in [2.05, 4.69) is 83.7 Å². The highest BCUT2D eigenvalue weighted by atomic mass is 79.9. The third-order valence-electron chi connectivity index (χ3n) is 3.82. The zero-order valence-electron chi connectivity index (χ0n) is 13.8. The summed E-state index contributed by atoms with van der Waals surface area (Å²) in [6.45, 7) is 6.33. The maximum atomic E-state index is 5.46. The Bertz CT molecular complexity index is 647. The van der Waals surface area contributed by atoms with E-state index in [1.165, 1.54) is 16.7 Å². The highest BCUT2D eigenvalue weighted by molar-refractivity contribution is 9.10. The van der Waals surface area contributed by atoms with Gasteiger partial charge in [-0.3, -0.25) is 0 Å². The number of hydrogen-bond acceptors (Lipinski definition) is 1. The van der Waals surface area contributed by atoms with Crippen molar-refractivity contribution < 1.29 is 0 Å². The number of aryl methyl sites for hydroxylation is 3. The van der Waals surface area contributed by atoms with Crippen LogP contribution in [0.3, 0.4) is 0 Å². The van der Waals surface area contributed by atoms with Gasteiger partial charge in [0.25, 0.3) is 0 Å². The van der Waals surface area contributed by atoms with Gasteiger partial charge in [-0.1, -0.05) is 46.3 Å². The Morgan fingerprint density at radius 2 is 1.74 bits per heavy atom. The fraction of sp³-hybridized carbons (Fsp3) is 0.316. The average Bonchev–Trinajstić information content (AvgIpc) is 2.50. The Labute approximate surface area is 152 Å². The molecule has 0 spiro atoms. The first-order chi connectivity index (χ1) is 11.0. The van der Waals surface area contributed by atoms with Crippen molar-refractivity contribution in [2.75, 3.05) is 5.32 Å². The maximum absolute atomic E-state index is 5.46. The lowest BCUT2D eigenvalue weighted by atomic mass is 10.1. The predicted molar refractivity (Wildman–Crippen MR) is 107 cm³/mol. The van der Waals surface area contributed by atoms with E-state index in [0.717, 1.165) is 23.0 Å². The van der Waals surface area contributed by atoms with Gasteiger partial charge in [-0.2, -0.15) is 0 Å². The molecule has 2 rings (SSSR count). The van der Waals surface area contributed by atoms with Crippen LogP contribution >= 0.6 is 28.1 Å². The molecule has 0 radical (unpaired) electrons. The van der Waals surface area contributed by atoms with Crippen molar-refractivity contribution in [2.45, 2.75) is 39.7 Å². The van der Waals surface area contributed by atoms with Crippen LogP contribution in [0.2, 0.25) is 0 Å². The molecule has 0 aliphatic heterocycles. The van der Waals surface area contributed by atoms with Crippen molar-refractivity contribution in [3.63, 3.8) is 0 Å². The normalized spacial score (nSPS) is 11.8. The molecule has 0 unspecified atom stereocenters. The van der Waals surface area contributed by atoms with Crippen LogP contribution in [-0.2, 0) is 6.42 Å². The van der Waals surface area contributed by atoms with Crippen LogP contribution in [0.25, 0.3) is 0 Å². The van der Waals surface area contributed by atoms with E-state index in [9.17, 15) is 0 Å². The maximum Gasteiger partial charge on any atom is 0.171 e. The molecule has 0 amide bonds. The van der Waals surface area contributed by atoms with E-state index in [1.54, 1.807) is 0 Å². The van der Waals surface area contributed by atoms with Gasteiger partial charge in [0.2, 0.25) is 0 Å². The highest BCUT2D eigenvalue weighted by Crippen LogP contribution is 2.25. The molecule has 0 saturated carbocycles. The molecule has 2 nitrogen and oxygen atoms in total. The minimum atomic E-state index is 0.325. The van der Waals surface area contributed by atoms with Crippen LogP contribution in [-0.4, -0.2) is 11.2 Å². The molecule has 0 aliphatic rings. The Kier molecular flexibility index (Phi) is 6.60. The van der Waals surface area contributed by atoms with Crippen LogP contribution in [0.1, 0.15) is 30.0 Å². The van der Waals surface area contributed by atoms with Gasteiger partial charge in [0.15, 0.2) is 5.11 Å². The molecule has 0 bridgehead atoms. The Morgan fingerprint density at radius 1 is 1.13 bits per heavy atom. The molecule has 2 N–H and O–H groups in total. The molecule has 0 aromatic heterocycles. The lowest BCUT2D eigenvalue weighted by Gasteiger charge is -2.19. The first kappa shape index (κ1) is 18.0. The Morgan fingerprint density at radius 3 is 2.35 bits per heavy atom. The number of nitrogens with one attached hydrogen (secondary N) is 2. The fourth-order valence-electron chi connectivity index (χ4n) is 2.58. The fourth-order valence-corrected chi connectivity index (χ4v) is 3.57. The van der Waals surface area contributed by atoms with Crippen LogP contribution in [0.4, 0.5) is 5.69 Å². The summed E-state index contributed by atoms with van der Waals surface area (Å²) < 4.78 is 1.09. The SMILES string of the molecule is Cc1cc(Br)cc(C)c1NC(=S)N[C@@H](C)CCc1ccccc1. The third kappa shape index (κ3) is 5.63. The zero-order chi connectivity index (χ0) is 16.8. The molecular formula is C19H23BrN2S. The summed E-state index contributed by atoms with van der Waals surface area (Å²) in [6.07, 6.45) is 2.10. The van der Waals surface area contributed by atoms with E-state index in [1.807, 2.05) is 6.07 Å². The monoisotopic (exact) mass is 390 g/mol. The molecule has 0 heterocycles. The minimum Gasteiger partial charge on any atom is -0.360 e. The largest absolute Gasteiger partial charge is 0.360 e. The van der Waals surface area contributed by atoms with Gasteiger partial charge in [-0.25, -0.2) is 0 Å². The van der Waals surface area contributed by atoms with Crippen molar-refractivity contribution in [3.8, 4) is 0 Å². The predicted octanol–water partition coefficient (Wildman–Crippen LogP) is 5.37. The van der Waals surface area contributed by atoms with E-state index >= 15 is 0 Å². The molecule has 2 aromatic rings. The molecular weight excluding hydrogens is 368 g/mol. The van der Waals surface area contributed by atoms with Crippen LogP contribution in [0, 0.1) is 13.8 Å². The molecule has 0 aliphatic carbocycles. The molecule has 4 heteroatoms. The number of thiocarbonyl (C=S) groups is 1. The first-order valence-electron chi connectivity index (χ1n) is 7.84. The van der Waals surface area contributed by atoms with Crippen molar-refractivity contribution in [1.82, 2.24) is 5.32 Å². The second-order valence-electron chi connectivity index (χ2n) is 5.94. The van der Waals surface area contributed by atoms with Crippen molar-refractivity contribution in [2.24, 2.45) is 0 Å². The van der Waals surface area contributed by atoms with Crippen molar-refractivity contribution in [1.29, 1.82) is 0 Å². The van der Waals surface area contributed by atoms with Crippen molar-refractivity contribution >= 4 is 38.9 Å². The minimum absolute atomic E-state index is 0.325. The van der Waals surface area contributed by atoms with Gasteiger partial charge in [-0.05, 0) is 74.7 Å². The summed E-state index contributed by atoms with van der Waals surface area (Å²) in [6, 6.07) is 15.1. The zero-order valence-corrected chi connectivity index (χ0v) is 16.2. The summed E-state index contributed by atoms with van der Waals surface area (Å²) in [4.78, 5) is 0. The highest BCUT2D eigenvalue weighted by Gasteiger charge is 2.09.